The van der Waals surface area contributed by atoms with Crippen molar-refractivity contribution >= 4 is 0 Å². The first-order chi connectivity index (χ1) is 7.35. The average Bonchev–Trinajstić information content (AvgIpc) is 2.25. The Bertz CT molecular complexity index is 120. The van der Waals surface area contributed by atoms with Crippen LogP contribution in [0.1, 0.15) is 12.8 Å². The molecule has 0 aromatic carbocycles. The maximum absolute atomic E-state index is 8.58. The fraction of sp³-hybridized carbons (Fsp3) is 0.900. The zero-order chi connectivity index (χ0) is 11.4. The molecular formula is C10H21O5. The van der Waals surface area contributed by atoms with Gasteiger partial charge in [0.15, 0.2) is 6.29 Å². The average molecular weight is 221 g/mol. The van der Waals surface area contributed by atoms with Crippen molar-refractivity contribution in [3.63, 3.8) is 0 Å². The van der Waals surface area contributed by atoms with Crippen LogP contribution in [-0.2, 0) is 14.2 Å². The molecule has 0 aromatic heterocycles. The van der Waals surface area contributed by atoms with Crippen molar-refractivity contribution in [2.24, 2.45) is 0 Å². The Hall–Kier alpha value is -0.200. The molecule has 0 aliphatic rings. The van der Waals surface area contributed by atoms with E-state index in [1.165, 1.54) is 0 Å². The molecular weight excluding hydrogens is 200 g/mol. The summed E-state index contributed by atoms with van der Waals surface area (Å²) in [6.07, 6.45) is 1.08. The summed E-state index contributed by atoms with van der Waals surface area (Å²) in [5.74, 6) is 0. The van der Waals surface area contributed by atoms with Crippen LogP contribution in [0.25, 0.3) is 0 Å². The Morgan fingerprint density at radius 3 is 2.20 bits per heavy atom. The second kappa shape index (κ2) is 11.9. The first-order valence-electron chi connectivity index (χ1n) is 5.17. The van der Waals surface area contributed by atoms with Crippen molar-refractivity contribution < 1.29 is 24.4 Å². The van der Waals surface area contributed by atoms with Crippen LogP contribution in [-0.4, -0.2) is 56.1 Å². The third kappa shape index (κ3) is 10.1. The Balaban J connectivity index is 3.38. The second-order valence-electron chi connectivity index (χ2n) is 2.87. The van der Waals surface area contributed by atoms with Gasteiger partial charge in [0.1, 0.15) is 0 Å². The van der Waals surface area contributed by atoms with E-state index in [0.717, 1.165) is 0 Å². The lowest BCUT2D eigenvalue weighted by Crippen LogP contribution is -2.21. The van der Waals surface area contributed by atoms with E-state index in [0.29, 0.717) is 32.7 Å². The van der Waals surface area contributed by atoms with E-state index in [2.05, 4.69) is 6.92 Å². The summed E-state index contributed by atoms with van der Waals surface area (Å²) in [6.45, 7) is 5.13. The predicted molar refractivity (Wildman–Crippen MR) is 55.3 cm³/mol. The van der Waals surface area contributed by atoms with Crippen LogP contribution in [0.2, 0.25) is 0 Å². The zero-order valence-electron chi connectivity index (χ0n) is 9.06. The minimum atomic E-state index is -0.327. The number of rotatable bonds is 11. The molecule has 0 aliphatic heterocycles. The summed E-state index contributed by atoms with van der Waals surface area (Å²) in [5, 5.41) is 17.0. The van der Waals surface area contributed by atoms with Gasteiger partial charge in [-0.3, -0.25) is 0 Å². The quantitative estimate of drug-likeness (QED) is 0.378. The third-order valence-electron chi connectivity index (χ3n) is 1.60. The standard InChI is InChI=1S/C10H21O5/c1-2-3-10(14-7-5-12)15-9-8-13-6-4-11/h10-12H,1-9H2. The highest BCUT2D eigenvalue weighted by atomic mass is 16.7. The first kappa shape index (κ1) is 14.8. The third-order valence-corrected chi connectivity index (χ3v) is 1.60. The fourth-order valence-electron chi connectivity index (χ4n) is 0.971. The van der Waals surface area contributed by atoms with Gasteiger partial charge in [0.2, 0.25) is 0 Å². The van der Waals surface area contributed by atoms with Crippen LogP contribution in [0, 0.1) is 6.92 Å². The maximum Gasteiger partial charge on any atom is 0.157 e. The molecule has 0 rings (SSSR count). The summed E-state index contributed by atoms with van der Waals surface area (Å²) in [4.78, 5) is 0. The van der Waals surface area contributed by atoms with Gasteiger partial charge < -0.3 is 24.4 Å². The normalized spacial score (nSPS) is 13.0. The van der Waals surface area contributed by atoms with E-state index in [4.69, 9.17) is 24.4 Å². The van der Waals surface area contributed by atoms with Crippen molar-refractivity contribution in [3.05, 3.63) is 6.92 Å². The predicted octanol–water partition coefficient (Wildman–Crippen LogP) is -0.0388. The van der Waals surface area contributed by atoms with Crippen LogP contribution in [0.3, 0.4) is 0 Å². The highest BCUT2D eigenvalue weighted by Crippen LogP contribution is 2.03. The molecule has 0 saturated carbocycles. The molecule has 1 radical (unpaired) electrons. The van der Waals surface area contributed by atoms with E-state index in [1.54, 1.807) is 0 Å². The zero-order valence-corrected chi connectivity index (χ0v) is 9.06. The molecule has 0 aromatic rings. The number of aliphatic hydroxyl groups is 2. The van der Waals surface area contributed by atoms with Gasteiger partial charge in [-0.2, -0.15) is 0 Å². The molecule has 0 spiro atoms. The van der Waals surface area contributed by atoms with Gasteiger partial charge in [0.05, 0.1) is 39.6 Å². The molecule has 2 N–H and O–H groups in total. The van der Waals surface area contributed by atoms with Gasteiger partial charge in [-0.25, -0.2) is 0 Å². The van der Waals surface area contributed by atoms with E-state index in [1.807, 2.05) is 0 Å². The largest absolute Gasteiger partial charge is 0.394 e. The van der Waals surface area contributed by atoms with Gasteiger partial charge in [-0.05, 0) is 12.8 Å². The van der Waals surface area contributed by atoms with E-state index in [-0.39, 0.29) is 26.1 Å². The lowest BCUT2D eigenvalue weighted by Gasteiger charge is -2.17. The highest BCUT2D eigenvalue weighted by Gasteiger charge is 2.07. The van der Waals surface area contributed by atoms with Crippen molar-refractivity contribution in [1.29, 1.82) is 0 Å². The summed E-state index contributed by atoms with van der Waals surface area (Å²) in [5.41, 5.74) is 0. The molecule has 0 saturated heterocycles. The Morgan fingerprint density at radius 2 is 1.60 bits per heavy atom. The van der Waals surface area contributed by atoms with E-state index in [9.17, 15) is 0 Å². The smallest absolute Gasteiger partial charge is 0.157 e. The second-order valence-corrected chi connectivity index (χ2v) is 2.87. The Morgan fingerprint density at radius 1 is 0.933 bits per heavy atom. The fourth-order valence-corrected chi connectivity index (χ4v) is 0.971. The van der Waals surface area contributed by atoms with Crippen molar-refractivity contribution in [2.45, 2.75) is 19.1 Å². The molecule has 15 heavy (non-hydrogen) atoms. The minimum Gasteiger partial charge on any atom is -0.394 e. The van der Waals surface area contributed by atoms with E-state index < -0.39 is 0 Å². The molecule has 0 aliphatic carbocycles. The van der Waals surface area contributed by atoms with Crippen LogP contribution in [0.4, 0.5) is 0 Å². The summed E-state index contributed by atoms with van der Waals surface area (Å²) < 4.78 is 15.6. The van der Waals surface area contributed by atoms with Crippen molar-refractivity contribution in [2.75, 3.05) is 39.6 Å². The van der Waals surface area contributed by atoms with Gasteiger partial charge in [0, 0.05) is 0 Å². The van der Waals surface area contributed by atoms with Crippen LogP contribution in [0.5, 0.6) is 0 Å². The molecule has 0 amide bonds. The summed E-state index contributed by atoms with van der Waals surface area (Å²) in [7, 11) is 0. The van der Waals surface area contributed by atoms with Gasteiger partial charge in [-0.15, -0.1) is 0 Å². The molecule has 0 heterocycles. The lowest BCUT2D eigenvalue weighted by molar-refractivity contribution is -0.158. The topological polar surface area (TPSA) is 68.2 Å². The van der Waals surface area contributed by atoms with Crippen molar-refractivity contribution in [1.82, 2.24) is 0 Å². The van der Waals surface area contributed by atoms with Crippen molar-refractivity contribution in [3.8, 4) is 0 Å². The van der Waals surface area contributed by atoms with Gasteiger partial charge in [0.25, 0.3) is 0 Å². The monoisotopic (exact) mass is 221 g/mol. The maximum atomic E-state index is 8.58. The highest BCUT2D eigenvalue weighted by molar-refractivity contribution is 4.48. The van der Waals surface area contributed by atoms with Gasteiger partial charge in [-0.1, -0.05) is 6.92 Å². The molecule has 0 fully saturated rings. The van der Waals surface area contributed by atoms with Gasteiger partial charge >= 0.3 is 0 Å². The molecule has 1 atom stereocenters. The summed E-state index contributed by atoms with van der Waals surface area (Å²) in [6, 6.07) is 0. The Labute approximate surface area is 91.0 Å². The Kier molecular flexibility index (Phi) is 11.7. The molecule has 1 unspecified atom stereocenters. The van der Waals surface area contributed by atoms with E-state index >= 15 is 0 Å². The number of aliphatic hydroxyl groups excluding tert-OH is 2. The number of hydrogen-bond acceptors (Lipinski definition) is 5. The first-order valence-corrected chi connectivity index (χ1v) is 5.17. The molecule has 5 heteroatoms. The molecule has 0 bridgehead atoms. The van der Waals surface area contributed by atoms with Crippen LogP contribution in [0.15, 0.2) is 0 Å². The lowest BCUT2D eigenvalue weighted by atomic mass is 10.3. The minimum absolute atomic E-state index is 0.0159. The number of ether oxygens (including phenoxy) is 3. The number of hydrogen-bond donors (Lipinski definition) is 2. The SMILES string of the molecule is [CH2]CCC(OCCO)OCCOCCO. The van der Waals surface area contributed by atoms with Crippen LogP contribution >= 0.6 is 0 Å². The molecule has 5 nitrogen and oxygen atoms in total. The summed E-state index contributed by atoms with van der Waals surface area (Å²) >= 11 is 0. The van der Waals surface area contributed by atoms with Crippen LogP contribution < -0.4 is 0 Å². The molecule has 91 valence electrons.